The van der Waals surface area contributed by atoms with E-state index in [-0.39, 0.29) is 30.1 Å². The second kappa shape index (κ2) is 6.09. The van der Waals surface area contributed by atoms with E-state index in [1.807, 2.05) is 0 Å². The first-order valence-corrected chi connectivity index (χ1v) is 7.65. The van der Waals surface area contributed by atoms with Gasteiger partial charge in [-0.1, -0.05) is 11.8 Å². The number of hydrogen-bond donors (Lipinski definition) is 3. The van der Waals surface area contributed by atoms with Crippen LogP contribution in [0.1, 0.15) is 5.56 Å². The number of nitrogens with zero attached hydrogens (tertiary/aromatic N) is 1. The summed E-state index contributed by atoms with van der Waals surface area (Å²) in [5, 5.41) is 18.8. The maximum absolute atomic E-state index is 13.8. The van der Waals surface area contributed by atoms with E-state index < -0.39 is 28.0 Å². The topological polar surface area (TPSA) is 104 Å². The molecule has 0 bridgehead atoms. The summed E-state index contributed by atoms with van der Waals surface area (Å²) in [4.78, 5) is -0.250. The van der Waals surface area contributed by atoms with Gasteiger partial charge in [0.25, 0.3) is 0 Å². The fourth-order valence-corrected chi connectivity index (χ4v) is 3.47. The molecule has 1 aliphatic heterocycles. The molecular formula is C13H15FN2O4S. The van der Waals surface area contributed by atoms with E-state index in [0.29, 0.717) is 0 Å². The van der Waals surface area contributed by atoms with Crippen molar-refractivity contribution in [2.45, 2.75) is 17.1 Å². The van der Waals surface area contributed by atoms with Gasteiger partial charge >= 0.3 is 0 Å². The van der Waals surface area contributed by atoms with Crippen LogP contribution in [0.25, 0.3) is 0 Å². The van der Waals surface area contributed by atoms with E-state index >= 15 is 0 Å². The van der Waals surface area contributed by atoms with E-state index in [0.717, 1.165) is 10.4 Å². The lowest BCUT2D eigenvalue weighted by Gasteiger charge is -2.15. The van der Waals surface area contributed by atoms with Crippen molar-refractivity contribution < 1.29 is 23.0 Å². The number of β-amino-alcohol motifs (C(OH)–C–C–N with tert-alkyl or cyclic N) is 2. The molecule has 114 valence electrons. The Balaban J connectivity index is 2.31. The third-order valence-electron chi connectivity index (χ3n) is 3.13. The minimum Gasteiger partial charge on any atom is -0.389 e. The van der Waals surface area contributed by atoms with Crippen LogP contribution in [-0.4, -0.2) is 54.8 Å². The average Bonchev–Trinajstić information content (AvgIpc) is 2.78. The lowest BCUT2D eigenvalue weighted by molar-refractivity contribution is 0.0572. The molecule has 6 nitrogen and oxygen atoms in total. The van der Waals surface area contributed by atoms with Gasteiger partial charge in [-0.05, 0) is 18.2 Å². The molecule has 1 heterocycles. The zero-order valence-electron chi connectivity index (χ0n) is 11.0. The molecule has 2 unspecified atom stereocenters. The van der Waals surface area contributed by atoms with Crippen LogP contribution in [0.3, 0.4) is 0 Å². The Morgan fingerprint density at radius 1 is 1.33 bits per heavy atom. The second-order valence-electron chi connectivity index (χ2n) is 4.60. The smallest absolute Gasteiger partial charge is 0.243 e. The minimum absolute atomic E-state index is 0.0564. The predicted molar refractivity (Wildman–Crippen MR) is 73.1 cm³/mol. The van der Waals surface area contributed by atoms with E-state index in [4.69, 9.17) is 5.73 Å². The van der Waals surface area contributed by atoms with Gasteiger partial charge in [-0.2, -0.15) is 4.31 Å². The number of aliphatic hydroxyl groups excluding tert-OH is 2. The third-order valence-corrected chi connectivity index (χ3v) is 4.96. The predicted octanol–water partition coefficient (Wildman–Crippen LogP) is -1.14. The zero-order valence-corrected chi connectivity index (χ0v) is 11.8. The fraction of sp³-hybridized carbons (Fsp3) is 0.385. The summed E-state index contributed by atoms with van der Waals surface area (Å²) in [7, 11) is -3.96. The van der Waals surface area contributed by atoms with Crippen molar-refractivity contribution in [3.05, 3.63) is 29.6 Å². The van der Waals surface area contributed by atoms with Gasteiger partial charge in [0.05, 0.1) is 29.2 Å². The number of rotatable bonds is 2. The molecule has 1 aliphatic rings. The van der Waals surface area contributed by atoms with Crippen LogP contribution in [-0.2, 0) is 10.0 Å². The molecule has 1 aromatic rings. The highest BCUT2D eigenvalue weighted by Crippen LogP contribution is 2.23. The molecule has 4 N–H and O–H groups in total. The van der Waals surface area contributed by atoms with Crippen molar-refractivity contribution in [3.8, 4) is 11.8 Å². The fourth-order valence-electron chi connectivity index (χ4n) is 1.98. The number of sulfonamides is 1. The highest BCUT2D eigenvalue weighted by molar-refractivity contribution is 7.89. The molecule has 1 fully saturated rings. The normalized spacial score (nSPS) is 22.9. The first-order valence-electron chi connectivity index (χ1n) is 6.21. The van der Waals surface area contributed by atoms with Gasteiger partial charge in [0, 0.05) is 13.1 Å². The van der Waals surface area contributed by atoms with E-state index in [2.05, 4.69) is 11.8 Å². The Hall–Kier alpha value is -1.50. The molecule has 1 saturated heterocycles. The highest BCUT2D eigenvalue weighted by Gasteiger charge is 2.37. The quantitative estimate of drug-likeness (QED) is 0.599. The van der Waals surface area contributed by atoms with Gasteiger partial charge in [0.15, 0.2) is 0 Å². The Bertz CT molecular complexity index is 686. The van der Waals surface area contributed by atoms with Crippen LogP contribution in [0.2, 0.25) is 0 Å². The third kappa shape index (κ3) is 3.23. The number of nitrogens with two attached hydrogens (primary N) is 1. The summed E-state index contributed by atoms with van der Waals surface area (Å²) >= 11 is 0. The summed E-state index contributed by atoms with van der Waals surface area (Å²) in [5.74, 6) is 4.21. The molecule has 0 aromatic heterocycles. The van der Waals surface area contributed by atoms with Crippen LogP contribution in [0, 0.1) is 17.7 Å². The molecule has 0 aliphatic carbocycles. The second-order valence-corrected chi connectivity index (χ2v) is 6.54. The summed E-state index contributed by atoms with van der Waals surface area (Å²) in [6.07, 6.45) is -2.28. The maximum atomic E-state index is 13.8. The lowest BCUT2D eigenvalue weighted by atomic mass is 10.2. The molecule has 0 spiro atoms. The van der Waals surface area contributed by atoms with Crippen LogP contribution in [0.4, 0.5) is 4.39 Å². The molecule has 2 rings (SSSR count). The summed E-state index contributed by atoms with van der Waals surface area (Å²) in [6.45, 7) is -0.372. The lowest BCUT2D eigenvalue weighted by Crippen LogP contribution is -2.30. The number of aliphatic hydroxyl groups is 2. The van der Waals surface area contributed by atoms with Crippen molar-refractivity contribution in [2.75, 3.05) is 19.6 Å². The van der Waals surface area contributed by atoms with Gasteiger partial charge in [0.1, 0.15) is 5.82 Å². The van der Waals surface area contributed by atoms with Gasteiger partial charge in [0.2, 0.25) is 10.0 Å². The van der Waals surface area contributed by atoms with Gasteiger partial charge in [-0.15, -0.1) is 0 Å². The summed E-state index contributed by atoms with van der Waals surface area (Å²) in [5.41, 5.74) is 5.24. The van der Waals surface area contributed by atoms with Gasteiger partial charge in [-0.3, -0.25) is 0 Å². The van der Waals surface area contributed by atoms with Gasteiger partial charge in [-0.25, -0.2) is 12.8 Å². The number of halogens is 1. The zero-order chi connectivity index (χ0) is 15.6. The van der Waals surface area contributed by atoms with Crippen LogP contribution >= 0.6 is 0 Å². The first kappa shape index (κ1) is 15.9. The van der Waals surface area contributed by atoms with Crippen molar-refractivity contribution in [3.63, 3.8) is 0 Å². The minimum atomic E-state index is -3.96. The van der Waals surface area contributed by atoms with Crippen molar-refractivity contribution in [1.82, 2.24) is 4.31 Å². The molecule has 2 atom stereocenters. The van der Waals surface area contributed by atoms with Crippen LogP contribution in [0.15, 0.2) is 23.1 Å². The molecule has 21 heavy (non-hydrogen) atoms. The van der Waals surface area contributed by atoms with E-state index in [9.17, 15) is 23.0 Å². The molecule has 0 amide bonds. The molecule has 1 aromatic carbocycles. The Labute approximate surface area is 122 Å². The first-order chi connectivity index (χ1) is 9.86. The van der Waals surface area contributed by atoms with Crippen molar-refractivity contribution in [2.24, 2.45) is 5.73 Å². The monoisotopic (exact) mass is 314 g/mol. The largest absolute Gasteiger partial charge is 0.389 e. The van der Waals surface area contributed by atoms with E-state index in [1.54, 1.807) is 0 Å². The Morgan fingerprint density at radius 2 is 1.95 bits per heavy atom. The SMILES string of the molecule is NCC#Cc1ccc(S(=O)(=O)N2CC(O)C(O)C2)cc1F. The maximum Gasteiger partial charge on any atom is 0.243 e. The molecule has 0 saturated carbocycles. The molecule has 0 radical (unpaired) electrons. The highest BCUT2D eigenvalue weighted by atomic mass is 32.2. The molecular weight excluding hydrogens is 299 g/mol. The van der Waals surface area contributed by atoms with E-state index in [1.165, 1.54) is 12.1 Å². The molecule has 8 heteroatoms. The van der Waals surface area contributed by atoms with Crippen molar-refractivity contribution >= 4 is 10.0 Å². The number of benzene rings is 1. The number of hydrogen-bond acceptors (Lipinski definition) is 5. The van der Waals surface area contributed by atoms with Crippen LogP contribution in [0.5, 0.6) is 0 Å². The van der Waals surface area contributed by atoms with Crippen molar-refractivity contribution in [1.29, 1.82) is 0 Å². The Morgan fingerprint density at radius 3 is 2.48 bits per heavy atom. The van der Waals surface area contributed by atoms with Gasteiger partial charge < -0.3 is 15.9 Å². The summed E-state index contributed by atoms with van der Waals surface area (Å²) < 4.78 is 39.3. The Kier molecular flexibility index (Phi) is 4.61. The summed E-state index contributed by atoms with van der Waals surface area (Å²) in [6, 6.07) is 3.36. The van der Waals surface area contributed by atoms with Crippen LogP contribution < -0.4 is 5.73 Å². The average molecular weight is 314 g/mol. The standard InChI is InChI=1S/C13H15FN2O4S/c14-11-6-10(4-3-9(11)2-1-5-15)21(19,20)16-7-12(17)13(18)8-16/h3-4,6,12-13,17-18H,5,7-8,15H2.